The van der Waals surface area contributed by atoms with Crippen molar-refractivity contribution in [3.8, 4) is 0 Å². The summed E-state index contributed by atoms with van der Waals surface area (Å²) in [4.78, 5) is 16.9. The van der Waals surface area contributed by atoms with Crippen LogP contribution in [0, 0.1) is 5.92 Å². The lowest BCUT2D eigenvalue weighted by atomic mass is 10.1. The molecule has 17 heavy (non-hydrogen) atoms. The van der Waals surface area contributed by atoms with Crippen LogP contribution in [0.3, 0.4) is 0 Å². The van der Waals surface area contributed by atoms with Crippen LogP contribution >= 0.6 is 12.2 Å². The zero-order chi connectivity index (χ0) is 12.6. The molecule has 5 heteroatoms. The second kappa shape index (κ2) is 4.90. The molecule has 4 nitrogen and oxygen atoms in total. The van der Waals surface area contributed by atoms with Gasteiger partial charge in [0.1, 0.15) is 0 Å². The highest BCUT2D eigenvalue weighted by molar-refractivity contribution is 7.80. The van der Waals surface area contributed by atoms with Crippen molar-refractivity contribution in [2.24, 2.45) is 11.7 Å². The molecule has 3 unspecified atom stereocenters. The summed E-state index contributed by atoms with van der Waals surface area (Å²) in [7, 11) is 2.17. The van der Waals surface area contributed by atoms with Gasteiger partial charge in [0.2, 0.25) is 5.91 Å². The van der Waals surface area contributed by atoms with E-state index in [0.717, 1.165) is 19.5 Å². The average molecular weight is 255 g/mol. The maximum atomic E-state index is 12.2. The Hall–Kier alpha value is -0.680. The first kappa shape index (κ1) is 12.8. The minimum Gasteiger partial charge on any atom is -0.393 e. The Kier molecular flexibility index (Phi) is 3.68. The molecule has 2 saturated heterocycles. The van der Waals surface area contributed by atoms with E-state index in [1.165, 1.54) is 12.8 Å². The fourth-order valence-corrected chi connectivity index (χ4v) is 3.01. The molecule has 0 saturated carbocycles. The molecule has 0 aromatic rings. The average Bonchev–Trinajstić information content (AvgIpc) is 2.51. The second-order valence-electron chi connectivity index (χ2n) is 5.25. The zero-order valence-corrected chi connectivity index (χ0v) is 11.4. The molecule has 0 radical (unpaired) electrons. The first-order valence-electron chi connectivity index (χ1n) is 6.30. The standard InChI is InChI=1S/C12H21N3OS/c1-8(11(13)17)12(16)15-6-5-9-3-4-10(7-15)14(9)2/h8-10H,3-7H2,1-2H3,(H2,13,17). The molecule has 2 N–H and O–H groups in total. The summed E-state index contributed by atoms with van der Waals surface area (Å²) in [6, 6.07) is 1.17. The Balaban J connectivity index is 2.04. The van der Waals surface area contributed by atoms with E-state index >= 15 is 0 Å². The highest BCUT2D eigenvalue weighted by Crippen LogP contribution is 2.28. The summed E-state index contributed by atoms with van der Waals surface area (Å²) in [5.41, 5.74) is 5.56. The lowest BCUT2D eigenvalue weighted by Gasteiger charge is -2.27. The van der Waals surface area contributed by atoms with Crippen molar-refractivity contribution in [3.05, 3.63) is 0 Å². The monoisotopic (exact) mass is 255 g/mol. The molecule has 0 aliphatic carbocycles. The predicted octanol–water partition coefficient (Wildman–Crippen LogP) is 0.604. The number of nitrogens with two attached hydrogens (primary N) is 1. The van der Waals surface area contributed by atoms with E-state index in [4.69, 9.17) is 18.0 Å². The van der Waals surface area contributed by atoms with Crippen LogP contribution in [0.25, 0.3) is 0 Å². The number of nitrogens with zero attached hydrogens (tertiary/aromatic N) is 2. The van der Waals surface area contributed by atoms with E-state index in [1.54, 1.807) is 6.92 Å². The van der Waals surface area contributed by atoms with Crippen molar-refractivity contribution >= 4 is 23.1 Å². The first-order chi connectivity index (χ1) is 8.00. The fourth-order valence-electron chi connectivity index (χ4n) is 2.90. The quantitative estimate of drug-likeness (QED) is 0.734. The number of carbonyl (C=O) groups is 1. The first-order valence-corrected chi connectivity index (χ1v) is 6.71. The van der Waals surface area contributed by atoms with Crippen LogP contribution in [0.4, 0.5) is 0 Å². The molecule has 2 aliphatic heterocycles. The topological polar surface area (TPSA) is 49.6 Å². The van der Waals surface area contributed by atoms with Crippen LogP contribution in [0.1, 0.15) is 26.2 Å². The van der Waals surface area contributed by atoms with Gasteiger partial charge >= 0.3 is 0 Å². The van der Waals surface area contributed by atoms with Gasteiger partial charge in [-0.05, 0) is 33.2 Å². The van der Waals surface area contributed by atoms with Gasteiger partial charge in [0, 0.05) is 25.2 Å². The third-order valence-corrected chi connectivity index (χ3v) is 4.61. The van der Waals surface area contributed by atoms with Crippen molar-refractivity contribution < 1.29 is 4.79 Å². The van der Waals surface area contributed by atoms with E-state index in [2.05, 4.69) is 11.9 Å². The van der Waals surface area contributed by atoms with Gasteiger partial charge < -0.3 is 10.6 Å². The summed E-state index contributed by atoms with van der Waals surface area (Å²) in [6.07, 6.45) is 3.54. The van der Waals surface area contributed by atoms with Crippen molar-refractivity contribution in [2.75, 3.05) is 20.1 Å². The van der Waals surface area contributed by atoms with E-state index in [0.29, 0.717) is 17.1 Å². The Morgan fingerprint density at radius 2 is 2.00 bits per heavy atom. The van der Waals surface area contributed by atoms with Crippen LogP contribution in [-0.4, -0.2) is 52.9 Å². The molecule has 3 atom stereocenters. The van der Waals surface area contributed by atoms with E-state index < -0.39 is 0 Å². The summed E-state index contributed by atoms with van der Waals surface area (Å²) in [5.74, 6) is -0.231. The Labute approximate surface area is 108 Å². The number of hydrogen-bond donors (Lipinski definition) is 1. The minimum atomic E-state index is -0.327. The van der Waals surface area contributed by atoms with Gasteiger partial charge in [0.05, 0.1) is 10.9 Å². The van der Waals surface area contributed by atoms with Gasteiger partial charge in [-0.3, -0.25) is 9.69 Å². The number of carbonyl (C=O) groups excluding carboxylic acids is 1. The molecular formula is C12H21N3OS. The summed E-state index contributed by atoms with van der Waals surface area (Å²) in [5, 5.41) is 0. The summed E-state index contributed by atoms with van der Waals surface area (Å²) < 4.78 is 0. The van der Waals surface area contributed by atoms with Gasteiger partial charge in [-0.25, -0.2) is 0 Å². The number of fused-ring (bicyclic) bond motifs is 2. The Bertz CT molecular complexity index is 334. The maximum Gasteiger partial charge on any atom is 0.232 e. The smallest absolute Gasteiger partial charge is 0.232 e. The third-order valence-electron chi connectivity index (χ3n) is 4.26. The van der Waals surface area contributed by atoms with Crippen molar-refractivity contribution in [1.82, 2.24) is 9.80 Å². The normalized spacial score (nSPS) is 31.1. The van der Waals surface area contributed by atoms with E-state index in [9.17, 15) is 4.79 Å². The van der Waals surface area contributed by atoms with Crippen molar-refractivity contribution in [1.29, 1.82) is 0 Å². The fraction of sp³-hybridized carbons (Fsp3) is 0.833. The second-order valence-corrected chi connectivity index (χ2v) is 5.72. The lowest BCUT2D eigenvalue weighted by molar-refractivity contribution is -0.133. The number of hydrogen-bond acceptors (Lipinski definition) is 3. The molecule has 2 heterocycles. The van der Waals surface area contributed by atoms with Crippen LogP contribution in [0.15, 0.2) is 0 Å². The SMILES string of the molecule is CC(C(=O)N1CCC2CCC(C1)N2C)C(N)=S. The highest BCUT2D eigenvalue weighted by Gasteiger charge is 2.36. The van der Waals surface area contributed by atoms with Gasteiger partial charge in [0.15, 0.2) is 0 Å². The molecule has 0 aromatic carbocycles. The molecule has 0 aromatic heterocycles. The van der Waals surface area contributed by atoms with Gasteiger partial charge in [-0.1, -0.05) is 12.2 Å². The number of likely N-dealkylation sites (N-methyl/N-ethyl adjacent to an activating group) is 1. The Morgan fingerprint density at radius 3 is 2.65 bits per heavy atom. The third kappa shape index (κ3) is 2.45. The van der Waals surface area contributed by atoms with Crippen LogP contribution < -0.4 is 5.73 Å². The number of thiocarbonyl (C=S) groups is 1. The molecule has 1 amide bonds. The summed E-state index contributed by atoms with van der Waals surface area (Å²) >= 11 is 4.91. The maximum absolute atomic E-state index is 12.2. The molecular weight excluding hydrogens is 234 g/mol. The minimum absolute atomic E-state index is 0.0958. The molecule has 96 valence electrons. The predicted molar refractivity (Wildman–Crippen MR) is 71.7 cm³/mol. The zero-order valence-electron chi connectivity index (χ0n) is 10.6. The molecule has 2 fully saturated rings. The molecule has 2 aliphatic rings. The Morgan fingerprint density at radius 1 is 1.35 bits per heavy atom. The van der Waals surface area contributed by atoms with Gasteiger partial charge in [-0.15, -0.1) is 0 Å². The lowest BCUT2D eigenvalue weighted by Crippen LogP contribution is -2.44. The molecule has 2 bridgehead atoms. The summed E-state index contributed by atoms with van der Waals surface area (Å²) in [6.45, 7) is 3.48. The van der Waals surface area contributed by atoms with Crippen molar-refractivity contribution in [2.45, 2.75) is 38.3 Å². The van der Waals surface area contributed by atoms with Gasteiger partial charge in [0.25, 0.3) is 0 Å². The largest absolute Gasteiger partial charge is 0.393 e. The number of amides is 1. The van der Waals surface area contributed by atoms with E-state index in [1.807, 2.05) is 4.90 Å². The van der Waals surface area contributed by atoms with E-state index in [-0.39, 0.29) is 11.8 Å². The van der Waals surface area contributed by atoms with Crippen LogP contribution in [0.2, 0.25) is 0 Å². The molecule has 0 spiro atoms. The number of likely N-dealkylation sites (tertiary alicyclic amines) is 1. The number of rotatable bonds is 2. The van der Waals surface area contributed by atoms with Crippen LogP contribution in [-0.2, 0) is 4.79 Å². The highest BCUT2D eigenvalue weighted by atomic mass is 32.1. The van der Waals surface area contributed by atoms with Crippen molar-refractivity contribution in [3.63, 3.8) is 0 Å². The molecule has 2 rings (SSSR count). The van der Waals surface area contributed by atoms with Crippen LogP contribution in [0.5, 0.6) is 0 Å². The van der Waals surface area contributed by atoms with Gasteiger partial charge in [-0.2, -0.15) is 0 Å².